The van der Waals surface area contributed by atoms with Gasteiger partial charge >= 0.3 is 5.97 Å². The zero-order valence-corrected chi connectivity index (χ0v) is 25.2. The fraction of sp³-hybridized carbons (Fsp3) is 0.688. The molecule has 2 aliphatic carbocycles. The third-order valence-electron chi connectivity index (χ3n) is 9.44. The minimum absolute atomic E-state index is 0.000517. The van der Waals surface area contributed by atoms with Crippen LogP contribution in [0.5, 0.6) is 11.5 Å². The first kappa shape index (κ1) is 31.9. The van der Waals surface area contributed by atoms with Crippen molar-refractivity contribution in [1.82, 2.24) is 10.6 Å². The summed E-state index contributed by atoms with van der Waals surface area (Å²) in [5.74, 6) is 7.40. The average Bonchev–Trinajstić information content (AvgIpc) is 2.97. The first-order valence-corrected chi connectivity index (χ1v) is 15.3. The highest BCUT2D eigenvalue weighted by molar-refractivity contribution is 5.77. The lowest BCUT2D eigenvalue weighted by atomic mass is 9.61. The van der Waals surface area contributed by atoms with Crippen molar-refractivity contribution in [3.63, 3.8) is 0 Å². The van der Waals surface area contributed by atoms with Crippen LogP contribution < -0.4 is 21.1 Å². The van der Waals surface area contributed by atoms with Gasteiger partial charge in [0.25, 0.3) is 0 Å². The number of aliphatic imine (C=N–C) groups is 1. The normalized spacial score (nSPS) is 30.5. The zero-order chi connectivity index (χ0) is 30.3. The average molecular weight is 585 g/mol. The van der Waals surface area contributed by atoms with Gasteiger partial charge in [-0.25, -0.2) is 0 Å². The Morgan fingerprint density at radius 1 is 1.24 bits per heavy atom. The summed E-state index contributed by atoms with van der Waals surface area (Å²) in [4.78, 5) is 16.3. The number of aliphatic hydroxyl groups is 2. The van der Waals surface area contributed by atoms with Gasteiger partial charge in [-0.15, -0.1) is 5.92 Å². The minimum atomic E-state index is -0.670. The van der Waals surface area contributed by atoms with Gasteiger partial charge in [0.05, 0.1) is 18.1 Å². The van der Waals surface area contributed by atoms with E-state index in [4.69, 9.17) is 15.2 Å². The number of carbonyl (C=O) groups excluding carboxylic acids is 1. The van der Waals surface area contributed by atoms with Crippen molar-refractivity contribution >= 4 is 11.9 Å². The summed E-state index contributed by atoms with van der Waals surface area (Å²) in [6.07, 6.45) is 4.11. The van der Waals surface area contributed by atoms with Gasteiger partial charge < -0.3 is 41.2 Å². The number of nitrogens with zero attached hydrogens (tertiary/aromatic N) is 1. The summed E-state index contributed by atoms with van der Waals surface area (Å²) < 4.78 is 12.0. The molecule has 7 N–H and O–H groups in total. The van der Waals surface area contributed by atoms with Crippen LogP contribution in [0.15, 0.2) is 17.1 Å². The van der Waals surface area contributed by atoms with Gasteiger partial charge in [-0.1, -0.05) is 12.8 Å². The lowest BCUT2D eigenvalue weighted by Gasteiger charge is -2.45. The van der Waals surface area contributed by atoms with Crippen LogP contribution in [-0.4, -0.2) is 72.2 Å². The molecule has 10 nitrogen and oxygen atoms in total. The van der Waals surface area contributed by atoms with E-state index in [1.807, 2.05) is 0 Å². The summed E-state index contributed by atoms with van der Waals surface area (Å²) in [5, 5.41) is 38.9. The molecule has 2 bridgehead atoms. The van der Waals surface area contributed by atoms with E-state index in [1.165, 1.54) is 6.92 Å². The third kappa shape index (κ3) is 7.88. The Morgan fingerprint density at radius 3 is 2.69 bits per heavy atom. The molecule has 6 unspecified atom stereocenters. The first-order chi connectivity index (χ1) is 20.1. The molecule has 232 valence electrons. The minimum Gasteiger partial charge on any atom is -0.504 e. The number of aromatic hydroxyl groups is 1. The number of piperidine rings is 1. The zero-order valence-electron chi connectivity index (χ0n) is 25.2. The molecular weight excluding hydrogens is 536 g/mol. The van der Waals surface area contributed by atoms with Crippen molar-refractivity contribution in [2.45, 2.75) is 90.1 Å². The second kappa shape index (κ2) is 14.5. The molecule has 42 heavy (non-hydrogen) atoms. The predicted octanol–water partition coefficient (Wildman–Crippen LogP) is 2.22. The van der Waals surface area contributed by atoms with E-state index in [-0.39, 0.29) is 35.7 Å². The van der Waals surface area contributed by atoms with Crippen molar-refractivity contribution in [3.05, 3.63) is 23.3 Å². The summed E-state index contributed by atoms with van der Waals surface area (Å²) in [7, 11) is 1.64. The number of aliphatic hydroxyl groups excluding tert-OH is 2. The Labute approximate surface area is 249 Å². The number of rotatable bonds is 8. The maximum absolute atomic E-state index is 12.2. The molecule has 4 rings (SSSR count). The van der Waals surface area contributed by atoms with E-state index in [0.29, 0.717) is 55.4 Å². The number of hydrogen-bond donors (Lipinski definition) is 6. The van der Waals surface area contributed by atoms with Gasteiger partial charge in [0.15, 0.2) is 17.5 Å². The molecule has 1 aliphatic heterocycles. The highest BCUT2D eigenvalue weighted by Gasteiger charge is 2.44. The van der Waals surface area contributed by atoms with Crippen molar-refractivity contribution in [2.24, 2.45) is 33.9 Å². The molecule has 2 fully saturated rings. The summed E-state index contributed by atoms with van der Waals surface area (Å²) in [5.41, 5.74) is 6.97. The van der Waals surface area contributed by atoms with Gasteiger partial charge in [-0.2, -0.15) is 0 Å². The molecule has 3 aliphatic rings. The lowest BCUT2D eigenvalue weighted by Crippen LogP contribution is -2.48. The molecule has 0 amide bonds. The van der Waals surface area contributed by atoms with Gasteiger partial charge in [0.2, 0.25) is 0 Å². The molecule has 1 saturated carbocycles. The summed E-state index contributed by atoms with van der Waals surface area (Å²) >= 11 is 0. The Hall–Kier alpha value is -3.00. The van der Waals surface area contributed by atoms with Crippen molar-refractivity contribution in [2.75, 3.05) is 26.7 Å². The Kier molecular flexibility index (Phi) is 11.0. The molecule has 0 spiro atoms. The second-order valence-corrected chi connectivity index (χ2v) is 12.3. The fourth-order valence-corrected chi connectivity index (χ4v) is 6.77. The number of esters is 1. The van der Waals surface area contributed by atoms with Crippen LogP contribution in [0.25, 0.3) is 0 Å². The van der Waals surface area contributed by atoms with Crippen LogP contribution >= 0.6 is 0 Å². The number of carbonyl (C=O) groups is 1. The molecule has 1 aromatic carbocycles. The molecule has 6 atom stereocenters. The number of ether oxygens (including phenoxy) is 2. The van der Waals surface area contributed by atoms with Crippen LogP contribution in [-0.2, 0) is 22.6 Å². The molecule has 10 heteroatoms. The van der Waals surface area contributed by atoms with Crippen LogP contribution in [0.1, 0.15) is 69.9 Å². The number of phenols is 1. The summed E-state index contributed by atoms with van der Waals surface area (Å²) in [6, 6.07) is 3.35. The van der Waals surface area contributed by atoms with Gasteiger partial charge in [-0.05, 0) is 86.7 Å². The number of benzene rings is 1. The third-order valence-corrected chi connectivity index (χ3v) is 9.44. The van der Waals surface area contributed by atoms with Crippen LogP contribution in [0.2, 0.25) is 0 Å². The number of phenolic OH excluding ortho intramolecular Hbond substituents is 1. The number of fused-ring (bicyclic) bond motifs is 2. The smallest absolute Gasteiger partial charge is 0.302 e. The fourth-order valence-electron chi connectivity index (χ4n) is 6.77. The molecule has 1 aromatic rings. The van der Waals surface area contributed by atoms with E-state index in [2.05, 4.69) is 34.4 Å². The largest absolute Gasteiger partial charge is 0.504 e. The van der Waals surface area contributed by atoms with Gasteiger partial charge in [0, 0.05) is 39.3 Å². The van der Waals surface area contributed by atoms with E-state index < -0.39 is 18.2 Å². The van der Waals surface area contributed by atoms with Crippen molar-refractivity contribution in [3.8, 4) is 23.3 Å². The monoisotopic (exact) mass is 584 g/mol. The van der Waals surface area contributed by atoms with E-state index in [9.17, 15) is 20.1 Å². The summed E-state index contributed by atoms with van der Waals surface area (Å²) in [6.45, 7) is 5.58. The lowest BCUT2D eigenvalue weighted by molar-refractivity contribution is -0.151. The van der Waals surface area contributed by atoms with Gasteiger partial charge in [-0.3, -0.25) is 9.79 Å². The SMILES string of the molecule is CN=C(N)NCC12C#CCC(Cc3cc(OC4CCNCC4)c(O)cc3CO)C(OC(C)=O)CC(O)C(CCC1C)C2. The highest BCUT2D eigenvalue weighted by atomic mass is 16.5. The van der Waals surface area contributed by atoms with E-state index >= 15 is 0 Å². The first-order valence-electron chi connectivity index (χ1n) is 15.3. The number of guanidine groups is 1. The van der Waals surface area contributed by atoms with Crippen LogP contribution in [0.4, 0.5) is 0 Å². The second-order valence-electron chi connectivity index (χ2n) is 12.3. The van der Waals surface area contributed by atoms with Crippen molar-refractivity contribution in [1.29, 1.82) is 0 Å². The number of nitrogens with two attached hydrogens (primary N) is 1. The standard InChI is InChI=1S/C32H48N4O6/c1-20-6-7-23-17-32(20,19-36-31(33)34-3)10-4-5-22(29(16-27(23)39)41-21(2)38)13-24-15-30(28(40)14-25(24)18-37)42-26-8-11-35-12-9-26/h14-15,20,22-23,26-27,29,35,37,39-40H,5-9,11-13,16-19H2,1-3H3,(H3,33,34,36). The van der Waals surface area contributed by atoms with Crippen molar-refractivity contribution < 1.29 is 29.6 Å². The van der Waals surface area contributed by atoms with E-state index in [1.54, 1.807) is 19.2 Å². The topological polar surface area (TPSA) is 159 Å². The van der Waals surface area contributed by atoms with Crippen LogP contribution in [0, 0.1) is 35.0 Å². The highest BCUT2D eigenvalue weighted by Crippen LogP contribution is 2.46. The number of nitrogens with one attached hydrogen (secondary N) is 2. The predicted molar refractivity (Wildman–Crippen MR) is 161 cm³/mol. The number of hydrogen-bond acceptors (Lipinski definition) is 8. The maximum Gasteiger partial charge on any atom is 0.302 e. The molecule has 1 heterocycles. The maximum atomic E-state index is 12.2. The Balaban J connectivity index is 1.68. The molecule has 1 saturated heterocycles. The van der Waals surface area contributed by atoms with E-state index in [0.717, 1.165) is 44.3 Å². The quantitative estimate of drug-likeness (QED) is 0.117. The molecule has 0 aromatic heterocycles. The Bertz CT molecular complexity index is 1170. The molecule has 0 radical (unpaired) electrons. The Morgan fingerprint density at radius 2 is 2.00 bits per heavy atom. The molecular formula is C32H48N4O6. The van der Waals surface area contributed by atoms with Crippen LogP contribution in [0.3, 0.4) is 0 Å². The van der Waals surface area contributed by atoms with Gasteiger partial charge in [0.1, 0.15) is 12.2 Å².